The van der Waals surface area contributed by atoms with E-state index in [4.69, 9.17) is 15.2 Å². The molecule has 186 valence electrons. The van der Waals surface area contributed by atoms with Gasteiger partial charge in [0.2, 0.25) is 11.8 Å². The molecule has 0 bridgehead atoms. The van der Waals surface area contributed by atoms with Gasteiger partial charge < -0.3 is 20.1 Å². The van der Waals surface area contributed by atoms with Gasteiger partial charge in [-0.2, -0.15) is 0 Å². The molecule has 0 radical (unpaired) electrons. The monoisotopic (exact) mass is 491 g/mol. The van der Waals surface area contributed by atoms with E-state index in [1.165, 1.54) is 6.07 Å². The molecular weight excluding hydrogens is 465 g/mol. The predicted octanol–water partition coefficient (Wildman–Crippen LogP) is 3.58. The number of pyridine rings is 2. The Hall–Kier alpha value is -4.05. The molecule has 10 heteroatoms. The maximum absolute atomic E-state index is 14.8. The minimum Gasteiger partial charge on any atom is -0.435 e. The second-order valence-corrected chi connectivity index (χ2v) is 9.33. The molecule has 2 aliphatic rings. The van der Waals surface area contributed by atoms with Crippen molar-refractivity contribution in [1.82, 2.24) is 15.3 Å². The number of ether oxygens (including phenoxy) is 2. The molecule has 2 aromatic heterocycles. The number of carbonyl (C=O) groups is 2. The van der Waals surface area contributed by atoms with Crippen LogP contribution >= 0.6 is 0 Å². The normalized spacial score (nSPS) is 17.0. The van der Waals surface area contributed by atoms with Crippen LogP contribution in [0.2, 0.25) is 0 Å². The fourth-order valence-corrected chi connectivity index (χ4v) is 4.74. The SMILES string of the molecule is CC(C)(C(=O)NC(N)=O)[C@@H]1c2ccc(-c3ccc(N4CCOCC4)nc3)nc2Oc2c(F)cccc21. The molecular formula is C26H26FN5O4. The maximum Gasteiger partial charge on any atom is 0.318 e. The summed E-state index contributed by atoms with van der Waals surface area (Å²) in [7, 11) is 0. The number of benzene rings is 1. The van der Waals surface area contributed by atoms with Gasteiger partial charge in [-0.15, -0.1) is 0 Å². The molecule has 36 heavy (non-hydrogen) atoms. The van der Waals surface area contributed by atoms with Crippen molar-refractivity contribution >= 4 is 17.8 Å². The van der Waals surface area contributed by atoms with Gasteiger partial charge in [-0.1, -0.05) is 32.0 Å². The molecule has 1 atom stereocenters. The Morgan fingerprint density at radius 3 is 2.58 bits per heavy atom. The third-order valence-electron chi connectivity index (χ3n) is 6.63. The number of halogens is 1. The molecule has 0 saturated carbocycles. The highest BCUT2D eigenvalue weighted by Gasteiger charge is 2.45. The number of carbonyl (C=O) groups excluding carboxylic acids is 2. The molecule has 0 unspecified atom stereocenters. The van der Waals surface area contributed by atoms with Crippen molar-refractivity contribution in [3.8, 4) is 22.9 Å². The third kappa shape index (κ3) is 4.24. The standard InChI is InChI=1S/C26H26FN5O4/c1-26(2,24(33)31-25(28)34)21-16-4-3-5-18(27)22(16)36-23-17(21)7-8-19(30-23)15-6-9-20(29-14-15)32-10-12-35-13-11-32/h3-9,14,21H,10-13H2,1-2H3,(H3,28,31,33,34)/t21-/m0/s1. The number of urea groups is 1. The van der Waals surface area contributed by atoms with Gasteiger partial charge in [-0.3, -0.25) is 10.1 Å². The van der Waals surface area contributed by atoms with Crippen molar-refractivity contribution < 1.29 is 23.5 Å². The third-order valence-corrected chi connectivity index (χ3v) is 6.63. The largest absolute Gasteiger partial charge is 0.435 e. The van der Waals surface area contributed by atoms with Crippen molar-refractivity contribution in [1.29, 1.82) is 0 Å². The topological polar surface area (TPSA) is 120 Å². The van der Waals surface area contributed by atoms with Crippen molar-refractivity contribution in [2.24, 2.45) is 11.1 Å². The number of para-hydroxylation sites is 1. The van der Waals surface area contributed by atoms with Crippen LogP contribution in [-0.4, -0.2) is 48.2 Å². The molecule has 3 N–H and O–H groups in total. The van der Waals surface area contributed by atoms with Crippen molar-refractivity contribution in [3.05, 3.63) is 65.6 Å². The number of morpholine rings is 1. The van der Waals surface area contributed by atoms with E-state index in [9.17, 15) is 14.0 Å². The van der Waals surface area contributed by atoms with Crippen LogP contribution in [0.5, 0.6) is 11.6 Å². The minimum atomic E-state index is -1.18. The number of nitrogens with zero attached hydrogens (tertiary/aromatic N) is 3. The van der Waals surface area contributed by atoms with Crippen molar-refractivity contribution in [2.75, 3.05) is 31.2 Å². The number of fused-ring (bicyclic) bond motifs is 2. The zero-order valence-electron chi connectivity index (χ0n) is 20.0. The lowest BCUT2D eigenvalue weighted by Crippen LogP contribution is -2.46. The first kappa shape index (κ1) is 23.7. The van der Waals surface area contributed by atoms with Gasteiger partial charge in [0.25, 0.3) is 0 Å². The first-order valence-corrected chi connectivity index (χ1v) is 11.6. The number of hydrogen-bond donors (Lipinski definition) is 2. The number of rotatable bonds is 4. The predicted molar refractivity (Wildman–Crippen MR) is 130 cm³/mol. The number of anilines is 1. The molecule has 9 nitrogen and oxygen atoms in total. The zero-order valence-corrected chi connectivity index (χ0v) is 20.0. The average Bonchev–Trinajstić information content (AvgIpc) is 2.87. The highest BCUT2D eigenvalue weighted by molar-refractivity contribution is 5.97. The number of hydrogen-bond acceptors (Lipinski definition) is 7. The summed E-state index contributed by atoms with van der Waals surface area (Å²) < 4.78 is 26.2. The first-order valence-electron chi connectivity index (χ1n) is 11.6. The van der Waals surface area contributed by atoms with Gasteiger partial charge in [0.15, 0.2) is 11.6 Å². The summed E-state index contributed by atoms with van der Waals surface area (Å²) in [5.74, 6) is -0.759. The summed E-state index contributed by atoms with van der Waals surface area (Å²) >= 11 is 0. The van der Waals surface area contributed by atoms with E-state index in [-0.39, 0.29) is 11.6 Å². The van der Waals surface area contributed by atoms with Gasteiger partial charge >= 0.3 is 6.03 Å². The Morgan fingerprint density at radius 2 is 1.89 bits per heavy atom. The molecule has 0 spiro atoms. The molecule has 2 aliphatic heterocycles. The van der Waals surface area contributed by atoms with Gasteiger partial charge in [0.1, 0.15) is 5.82 Å². The second kappa shape index (κ2) is 9.19. The van der Waals surface area contributed by atoms with Crippen LogP contribution in [0, 0.1) is 11.2 Å². The van der Waals surface area contributed by atoms with Crippen molar-refractivity contribution in [3.63, 3.8) is 0 Å². The smallest absolute Gasteiger partial charge is 0.318 e. The quantitative estimate of drug-likeness (QED) is 0.572. The first-order chi connectivity index (χ1) is 17.3. The van der Waals surface area contributed by atoms with E-state index >= 15 is 0 Å². The summed E-state index contributed by atoms with van der Waals surface area (Å²) in [5.41, 5.74) is 6.45. The fourth-order valence-electron chi connectivity index (χ4n) is 4.74. The van der Waals surface area contributed by atoms with E-state index in [1.54, 1.807) is 32.2 Å². The number of nitrogens with one attached hydrogen (secondary N) is 1. The molecule has 1 saturated heterocycles. The lowest BCUT2D eigenvalue weighted by atomic mass is 9.69. The molecule has 3 amide bonds. The number of primary amides is 1. The van der Waals surface area contributed by atoms with Gasteiger partial charge in [-0.25, -0.2) is 19.2 Å². The van der Waals surface area contributed by atoms with E-state index in [0.717, 1.165) is 24.5 Å². The fraction of sp³-hybridized carbons (Fsp3) is 0.308. The number of aromatic nitrogens is 2. The number of imide groups is 1. The highest BCUT2D eigenvalue weighted by atomic mass is 19.1. The van der Waals surface area contributed by atoms with Crippen LogP contribution in [0.4, 0.5) is 15.0 Å². The summed E-state index contributed by atoms with van der Waals surface area (Å²) in [4.78, 5) is 35.7. The van der Waals surface area contributed by atoms with Crippen LogP contribution in [0.15, 0.2) is 48.7 Å². The van der Waals surface area contributed by atoms with Crippen molar-refractivity contribution in [2.45, 2.75) is 19.8 Å². The summed E-state index contributed by atoms with van der Waals surface area (Å²) in [5, 5.41) is 2.15. The lowest BCUT2D eigenvalue weighted by Gasteiger charge is -2.37. The van der Waals surface area contributed by atoms with Crippen LogP contribution in [0.25, 0.3) is 11.3 Å². The molecule has 5 rings (SSSR count). The van der Waals surface area contributed by atoms with Crippen LogP contribution < -0.4 is 20.7 Å². The summed E-state index contributed by atoms with van der Waals surface area (Å²) in [6, 6.07) is 11.1. The van der Waals surface area contributed by atoms with E-state index in [2.05, 4.69) is 20.2 Å². The zero-order chi connectivity index (χ0) is 25.4. The van der Waals surface area contributed by atoms with Crippen LogP contribution in [0.1, 0.15) is 30.9 Å². The Kier molecular flexibility index (Phi) is 6.05. The number of amides is 3. The maximum atomic E-state index is 14.8. The minimum absolute atomic E-state index is 0.000361. The molecule has 1 fully saturated rings. The molecule has 4 heterocycles. The van der Waals surface area contributed by atoms with E-state index in [0.29, 0.717) is 30.0 Å². The van der Waals surface area contributed by atoms with Crippen LogP contribution in [0.3, 0.4) is 0 Å². The Labute approximate surface area is 207 Å². The van der Waals surface area contributed by atoms with Gasteiger partial charge in [-0.05, 0) is 24.3 Å². The molecule has 0 aliphatic carbocycles. The average molecular weight is 492 g/mol. The van der Waals surface area contributed by atoms with Crippen LogP contribution in [-0.2, 0) is 9.53 Å². The second-order valence-electron chi connectivity index (χ2n) is 9.33. The Bertz CT molecular complexity index is 1320. The summed E-state index contributed by atoms with van der Waals surface area (Å²) in [6.07, 6.45) is 1.73. The van der Waals surface area contributed by atoms with E-state index in [1.807, 2.05) is 24.3 Å². The van der Waals surface area contributed by atoms with Gasteiger partial charge in [0, 0.05) is 41.9 Å². The Morgan fingerprint density at radius 1 is 1.11 bits per heavy atom. The number of nitrogens with two attached hydrogens (primary N) is 1. The van der Waals surface area contributed by atoms with Gasteiger partial charge in [0.05, 0.1) is 24.3 Å². The molecule has 1 aromatic carbocycles. The highest BCUT2D eigenvalue weighted by Crippen LogP contribution is 2.52. The lowest BCUT2D eigenvalue weighted by molar-refractivity contribution is -0.128. The molecule has 3 aromatic rings. The van der Waals surface area contributed by atoms with E-state index < -0.39 is 29.1 Å². The summed E-state index contributed by atoms with van der Waals surface area (Å²) in [6.45, 7) is 6.23. The Balaban J connectivity index is 1.53.